The van der Waals surface area contributed by atoms with Crippen molar-refractivity contribution in [2.75, 3.05) is 32.2 Å². The van der Waals surface area contributed by atoms with E-state index in [1.807, 2.05) is 38.1 Å². The molecule has 1 aromatic heterocycles. The number of amides is 1. The maximum atomic E-state index is 12.6. The van der Waals surface area contributed by atoms with E-state index in [0.29, 0.717) is 12.3 Å². The van der Waals surface area contributed by atoms with Crippen molar-refractivity contribution in [2.24, 2.45) is 5.92 Å². The number of anilines is 1. The molecule has 0 spiro atoms. The summed E-state index contributed by atoms with van der Waals surface area (Å²) in [4.78, 5) is 23.8. The molecule has 0 unspecified atom stereocenters. The van der Waals surface area contributed by atoms with Crippen LogP contribution >= 0.6 is 0 Å². The van der Waals surface area contributed by atoms with E-state index in [-0.39, 0.29) is 11.8 Å². The quantitative estimate of drug-likeness (QED) is 0.825. The molecule has 1 N–H and O–H groups in total. The molecule has 0 aliphatic carbocycles. The first-order valence-corrected chi connectivity index (χ1v) is 9.56. The van der Waals surface area contributed by atoms with Crippen molar-refractivity contribution >= 4 is 11.9 Å². The van der Waals surface area contributed by atoms with Gasteiger partial charge in [0.05, 0.1) is 14.2 Å². The lowest BCUT2D eigenvalue weighted by Crippen LogP contribution is -2.41. The van der Waals surface area contributed by atoms with Gasteiger partial charge in [0.2, 0.25) is 11.9 Å². The topological polar surface area (TPSA) is 76.6 Å². The maximum absolute atomic E-state index is 12.6. The number of hydrogen-bond donors (Lipinski definition) is 1. The Morgan fingerprint density at radius 1 is 1.11 bits per heavy atom. The van der Waals surface area contributed by atoms with Crippen LogP contribution < -0.4 is 19.7 Å². The van der Waals surface area contributed by atoms with Gasteiger partial charge in [0.25, 0.3) is 0 Å². The number of carbonyl (C=O) groups excluding carboxylic acids is 1. The van der Waals surface area contributed by atoms with Crippen LogP contribution in [0.25, 0.3) is 0 Å². The molecule has 0 saturated carbocycles. The standard InChI is InChI=1S/C21H28N4O3/c1-14-11-15(2)24-21(23-14)25-9-7-16(8-10-25)20(26)22-13-17-5-6-18(27-3)12-19(17)28-4/h5-6,11-12,16H,7-10,13H2,1-4H3,(H,22,26). The summed E-state index contributed by atoms with van der Waals surface area (Å²) >= 11 is 0. The Bertz CT molecular complexity index is 812. The number of carbonyl (C=O) groups is 1. The van der Waals surface area contributed by atoms with Crippen LogP contribution in [0.5, 0.6) is 11.5 Å². The summed E-state index contributed by atoms with van der Waals surface area (Å²) in [6, 6.07) is 7.57. The minimum atomic E-state index is 0.00593. The Balaban J connectivity index is 1.54. The van der Waals surface area contributed by atoms with Gasteiger partial charge in [0.15, 0.2) is 0 Å². The first kappa shape index (κ1) is 19.9. The molecule has 7 nitrogen and oxygen atoms in total. The van der Waals surface area contributed by atoms with E-state index in [0.717, 1.165) is 54.6 Å². The van der Waals surface area contributed by atoms with Crippen LogP contribution in [0.2, 0.25) is 0 Å². The van der Waals surface area contributed by atoms with Crippen LogP contribution in [-0.2, 0) is 11.3 Å². The van der Waals surface area contributed by atoms with E-state index in [1.165, 1.54) is 0 Å². The first-order chi connectivity index (χ1) is 13.5. The predicted molar refractivity (Wildman–Crippen MR) is 108 cm³/mol. The fourth-order valence-corrected chi connectivity index (χ4v) is 3.52. The zero-order valence-electron chi connectivity index (χ0n) is 17.0. The van der Waals surface area contributed by atoms with Crippen molar-refractivity contribution in [1.82, 2.24) is 15.3 Å². The zero-order valence-corrected chi connectivity index (χ0v) is 17.0. The smallest absolute Gasteiger partial charge is 0.225 e. The number of aromatic nitrogens is 2. The molecule has 2 heterocycles. The van der Waals surface area contributed by atoms with E-state index in [9.17, 15) is 4.79 Å². The maximum Gasteiger partial charge on any atom is 0.225 e. The van der Waals surface area contributed by atoms with Crippen molar-refractivity contribution in [1.29, 1.82) is 0 Å². The highest BCUT2D eigenvalue weighted by atomic mass is 16.5. The molecule has 1 aromatic carbocycles. The number of nitrogens with one attached hydrogen (secondary N) is 1. The number of piperidine rings is 1. The van der Waals surface area contributed by atoms with Crippen LogP contribution in [0.3, 0.4) is 0 Å². The minimum absolute atomic E-state index is 0.00593. The number of aryl methyl sites for hydroxylation is 2. The lowest BCUT2D eigenvalue weighted by molar-refractivity contribution is -0.125. The third-order valence-electron chi connectivity index (χ3n) is 5.07. The third-order valence-corrected chi connectivity index (χ3v) is 5.07. The van der Waals surface area contributed by atoms with E-state index < -0.39 is 0 Å². The molecular formula is C21H28N4O3. The summed E-state index contributed by atoms with van der Waals surface area (Å²) in [7, 11) is 3.23. The monoisotopic (exact) mass is 384 g/mol. The summed E-state index contributed by atoms with van der Waals surface area (Å²) in [6.07, 6.45) is 1.59. The average molecular weight is 384 g/mol. The fraction of sp³-hybridized carbons (Fsp3) is 0.476. The molecule has 3 rings (SSSR count). The van der Waals surface area contributed by atoms with E-state index >= 15 is 0 Å². The molecule has 1 fully saturated rings. The number of ether oxygens (including phenoxy) is 2. The third kappa shape index (κ3) is 4.71. The highest BCUT2D eigenvalue weighted by Crippen LogP contribution is 2.25. The minimum Gasteiger partial charge on any atom is -0.497 e. The Hall–Kier alpha value is -2.83. The second-order valence-electron chi connectivity index (χ2n) is 7.11. The molecule has 7 heteroatoms. The predicted octanol–water partition coefficient (Wildman–Crippen LogP) is 2.64. The average Bonchev–Trinajstić information content (AvgIpc) is 2.71. The second-order valence-corrected chi connectivity index (χ2v) is 7.11. The van der Waals surface area contributed by atoms with E-state index in [2.05, 4.69) is 20.2 Å². The van der Waals surface area contributed by atoms with Gasteiger partial charge in [0, 0.05) is 48.6 Å². The molecule has 1 aliphatic rings. The van der Waals surface area contributed by atoms with Gasteiger partial charge in [-0.2, -0.15) is 0 Å². The van der Waals surface area contributed by atoms with Crippen LogP contribution in [-0.4, -0.2) is 43.2 Å². The van der Waals surface area contributed by atoms with Gasteiger partial charge in [-0.05, 0) is 44.9 Å². The normalized spacial score (nSPS) is 14.6. The second kappa shape index (κ2) is 8.91. The Morgan fingerprint density at radius 2 is 1.79 bits per heavy atom. The van der Waals surface area contributed by atoms with Crippen LogP contribution in [0, 0.1) is 19.8 Å². The van der Waals surface area contributed by atoms with Gasteiger partial charge in [-0.3, -0.25) is 4.79 Å². The SMILES string of the molecule is COc1ccc(CNC(=O)C2CCN(c3nc(C)cc(C)n3)CC2)c(OC)c1. The van der Waals surface area contributed by atoms with Gasteiger partial charge in [-0.15, -0.1) is 0 Å². The number of rotatable bonds is 6. The van der Waals surface area contributed by atoms with Gasteiger partial charge in [-0.1, -0.05) is 0 Å². The summed E-state index contributed by atoms with van der Waals surface area (Å²) in [5.74, 6) is 2.29. The van der Waals surface area contributed by atoms with Crippen molar-refractivity contribution in [3.8, 4) is 11.5 Å². The number of nitrogens with zero attached hydrogens (tertiary/aromatic N) is 3. The molecule has 0 bridgehead atoms. The lowest BCUT2D eigenvalue weighted by Gasteiger charge is -2.31. The number of hydrogen-bond acceptors (Lipinski definition) is 6. The largest absolute Gasteiger partial charge is 0.497 e. The van der Waals surface area contributed by atoms with Crippen molar-refractivity contribution < 1.29 is 14.3 Å². The zero-order chi connectivity index (χ0) is 20.1. The summed E-state index contributed by atoms with van der Waals surface area (Å²) < 4.78 is 10.6. The van der Waals surface area contributed by atoms with Crippen molar-refractivity contribution in [2.45, 2.75) is 33.2 Å². The number of benzene rings is 1. The van der Waals surface area contributed by atoms with Gasteiger partial charge in [-0.25, -0.2) is 9.97 Å². The van der Waals surface area contributed by atoms with Crippen LogP contribution in [0.4, 0.5) is 5.95 Å². The Morgan fingerprint density at radius 3 is 2.39 bits per heavy atom. The van der Waals surface area contributed by atoms with Crippen LogP contribution in [0.15, 0.2) is 24.3 Å². The lowest BCUT2D eigenvalue weighted by atomic mass is 9.96. The Kier molecular flexibility index (Phi) is 6.34. The highest BCUT2D eigenvalue weighted by Gasteiger charge is 2.26. The van der Waals surface area contributed by atoms with Crippen molar-refractivity contribution in [3.05, 3.63) is 41.2 Å². The highest BCUT2D eigenvalue weighted by molar-refractivity contribution is 5.79. The Labute approximate surface area is 166 Å². The summed E-state index contributed by atoms with van der Waals surface area (Å²) in [5.41, 5.74) is 2.87. The molecule has 2 aromatic rings. The molecule has 1 aliphatic heterocycles. The molecule has 0 radical (unpaired) electrons. The molecule has 150 valence electrons. The summed E-state index contributed by atoms with van der Waals surface area (Å²) in [5, 5.41) is 3.04. The van der Waals surface area contributed by atoms with Crippen molar-refractivity contribution in [3.63, 3.8) is 0 Å². The molecule has 0 atom stereocenters. The molecule has 28 heavy (non-hydrogen) atoms. The van der Waals surface area contributed by atoms with Gasteiger partial charge < -0.3 is 19.7 Å². The van der Waals surface area contributed by atoms with Crippen LogP contribution in [0.1, 0.15) is 29.8 Å². The summed E-state index contributed by atoms with van der Waals surface area (Å²) in [6.45, 7) is 5.96. The first-order valence-electron chi connectivity index (χ1n) is 9.56. The molecule has 1 saturated heterocycles. The van der Waals surface area contributed by atoms with Gasteiger partial charge >= 0.3 is 0 Å². The fourth-order valence-electron chi connectivity index (χ4n) is 3.52. The van der Waals surface area contributed by atoms with E-state index in [4.69, 9.17) is 9.47 Å². The van der Waals surface area contributed by atoms with Gasteiger partial charge in [0.1, 0.15) is 11.5 Å². The molecular weight excluding hydrogens is 356 g/mol. The number of methoxy groups -OCH3 is 2. The molecule has 1 amide bonds. The van der Waals surface area contributed by atoms with E-state index in [1.54, 1.807) is 14.2 Å².